The number of nitrogens with two attached hydrogens (primary N) is 1. The summed E-state index contributed by atoms with van der Waals surface area (Å²) in [7, 11) is 4.07. The molecule has 0 aliphatic rings. The van der Waals surface area contributed by atoms with Crippen molar-refractivity contribution in [1.29, 1.82) is 0 Å². The van der Waals surface area contributed by atoms with Crippen LogP contribution in [-0.2, 0) is 4.79 Å². The molecule has 0 fully saturated rings. The van der Waals surface area contributed by atoms with E-state index in [-0.39, 0.29) is 10.9 Å². The molecular weight excluding hydrogens is 222 g/mol. The highest BCUT2D eigenvalue weighted by Crippen LogP contribution is 2.15. The van der Waals surface area contributed by atoms with Crippen LogP contribution in [0.4, 0.5) is 0 Å². The fourth-order valence-corrected chi connectivity index (χ4v) is 1.18. The molecule has 0 heterocycles. The third-order valence-corrected chi connectivity index (χ3v) is 3.01. The Labute approximate surface area is 104 Å². The largest absolute Gasteiger partial charge is 0.392 e. The minimum Gasteiger partial charge on any atom is -0.392 e. The summed E-state index contributed by atoms with van der Waals surface area (Å²) in [6.45, 7) is 5.20. The lowest BCUT2D eigenvalue weighted by Gasteiger charge is -2.21. The van der Waals surface area contributed by atoms with Gasteiger partial charge in [0.05, 0.1) is 10.4 Å². The molecule has 4 nitrogen and oxygen atoms in total. The lowest BCUT2D eigenvalue weighted by Crippen LogP contribution is -2.45. The van der Waals surface area contributed by atoms with E-state index in [0.29, 0.717) is 6.54 Å². The van der Waals surface area contributed by atoms with Gasteiger partial charge in [-0.25, -0.2) is 0 Å². The zero-order valence-electron chi connectivity index (χ0n) is 10.7. The van der Waals surface area contributed by atoms with E-state index in [0.717, 1.165) is 19.4 Å². The van der Waals surface area contributed by atoms with E-state index in [1.165, 1.54) is 0 Å². The third-order valence-electron chi connectivity index (χ3n) is 2.50. The van der Waals surface area contributed by atoms with Crippen molar-refractivity contribution >= 4 is 23.1 Å². The van der Waals surface area contributed by atoms with Crippen LogP contribution in [0.3, 0.4) is 0 Å². The molecule has 1 amide bonds. The van der Waals surface area contributed by atoms with Gasteiger partial charge in [0, 0.05) is 6.54 Å². The quantitative estimate of drug-likeness (QED) is 0.513. The highest BCUT2D eigenvalue weighted by molar-refractivity contribution is 7.80. The number of unbranched alkanes of at least 4 members (excludes halogenated alkanes) is 1. The molecular formula is C11H23N3OS. The fraction of sp³-hybridized carbons (Fsp3) is 0.818. The molecule has 0 radical (unpaired) electrons. The third kappa shape index (κ3) is 5.42. The van der Waals surface area contributed by atoms with Crippen molar-refractivity contribution in [2.24, 2.45) is 11.1 Å². The Morgan fingerprint density at radius 2 is 1.94 bits per heavy atom. The standard InChI is InChI=1S/C11H23N3OS/c1-11(2,9(12)16)10(15)13-7-5-6-8-14(3)4/h5-8H2,1-4H3,(H2,12,16)(H,13,15). The molecule has 94 valence electrons. The van der Waals surface area contributed by atoms with Gasteiger partial charge in [0.25, 0.3) is 0 Å². The predicted molar refractivity (Wildman–Crippen MR) is 71.4 cm³/mol. The summed E-state index contributed by atoms with van der Waals surface area (Å²) >= 11 is 4.85. The summed E-state index contributed by atoms with van der Waals surface area (Å²) in [6.07, 6.45) is 2.04. The minimum atomic E-state index is -0.753. The summed E-state index contributed by atoms with van der Waals surface area (Å²) < 4.78 is 0. The Balaban J connectivity index is 3.78. The summed E-state index contributed by atoms with van der Waals surface area (Å²) in [5.41, 5.74) is 4.75. The van der Waals surface area contributed by atoms with Crippen molar-refractivity contribution < 1.29 is 4.79 Å². The van der Waals surface area contributed by atoms with Crippen LogP contribution in [0, 0.1) is 5.41 Å². The Kier molecular flexibility index (Phi) is 6.52. The van der Waals surface area contributed by atoms with Gasteiger partial charge < -0.3 is 16.0 Å². The first-order valence-electron chi connectivity index (χ1n) is 5.51. The number of carbonyl (C=O) groups excluding carboxylic acids is 1. The van der Waals surface area contributed by atoms with Crippen LogP contribution in [0.1, 0.15) is 26.7 Å². The molecule has 0 spiro atoms. The van der Waals surface area contributed by atoms with Gasteiger partial charge in [0.15, 0.2) is 0 Å². The number of rotatable bonds is 7. The maximum Gasteiger partial charge on any atom is 0.232 e. The van der Waals surface area contributed by atoms with Gasteiger partial charge in [-0.3, -0.25) is 4.79 Å². The lowest BCUT2D eigenvalue weighted by molar-refractivity contribution is -0.126. The highest BCUT2D eigenvalue weighted by atomic mass is 32.1. The van der Waals surface area contributed by atoms with E-state index < -0.39 is 5.41 Å². The van der Waals surface area contributed by atoms with Crippen LogP contribution in [-0.4, -0.2) is 43.0 Å². The zero-order valence-corrected chi connectivity index (χ0v) is 11.5. The molecule has 0 atom stereocenters. The second-order valence-corrected chi connectivity index (χ2v) is 5.20. The van der Waals surface area contributed by atoms with Crippen molar-refractivity contribution in [2.45, 2.75) is 26.7 Å². The Morgan fingerprint density at radius 1 is 1.38 bits per heavy atom. The van der Waals surface area contributed by atoms with Crippen LogP contribution < -0.4 is 11.1 Å². The van der Waals surface area contributed by atoms with E-state index in [1.807, 2.05) is 14.1 Å². The Hall–Kier alpha value is -0.680. The van der Waals surface area contributed by atoms with Crippen molar-refractivity contribution in [1.82, 2.24) is 10.2 Å². The average molecular weight is 245 g/mol. The molecule has 0 aliphatic heterocycles. The Bertz CT molecular complexity index is 252. The molecule has 0 saturated carbocycles. The van der Waals surface area contributed by atoms with Crippen molar-refractivity contribution in [3.8, 4) is 0 Å². The smallest absolute Gasteiger partial charge is 0.232 e. The van der Waals surface area contributed by atoms with Crippen molar-refractivity contribution in [3.05, 3.63) is 0 Å². The van der Waals surface area contributed by atoms with E-state index in [1.54, 1.807) is 13.8 Å². The van der Waals surface area contributed by atoms with E-state index in [4.69, 9.17) is 18.0 Å². The minimum absolute atomic E-state index is 0.0927. The summed E-state index contributed by atoms with van der Waals surface area (Å²) in [6, 6.07) is 0. The van der Waals surface area contributed by atoms with Gasteiger partial charge in [0.1, 0.15) is 0 Å². The van der Waals surface area contributed by atoms with Gasteiger partial charge in [-0.15, -0.1) is 0 Å². The van der Waals surface area contributed by atoms with Crippen molar-refractivity contribution in [2.75, 3.05) is 27.2 Å². The predicted octanol–water partition coefficient (Wildman–Crippen LogP) is 0.757. The number of carbonyl (C=O) groups is 1. The molecule has 5 heteroatoms. The number of nitrogens with one attached hydrogen (secondary N) is 1. The maximum absolute atomic E-state index is 11.7. The van der Waals surface area contributed by atoms with Gasteiger partial charge >= 0.3 is 0 Å². The van der Waals surface area contributed by atoms with Gasteiger partial charge in [-0.1, -0.05) is 12.2 Å². The van der Waals surface area contributed by atoms with E-state index in [2.05, 4.69) is 10.2 Å². The van der Waals surface area contributed by atoms with Crippen LogP contribution in [0.15, 0.2) is 0 Å². The lowest BCUT2D eigenvalue weighted by atomic mass is 9.92. The molecule has 0 unspecified atom stereocenters. The topological polar surface area (TPSA) is 58.4 Å². The van der Waals surface area contributed by atoms with Crippen LogP contribution in [0.5, 0.6) is 0 Å². The number of nitrogens with zero attached hydrogens (tertiary/aromatic N) is 1. The highest BCUT2D eigenvalue weighted by Gasteiger charge is 2.30. The molecule has 0 bridgehead atoms. The molecule has 16 heavy (non-hydrogen) atoms. The molecule has 0 aliphatic carbocycles. The van der Waals surface area contributed by atoms with Crippen LogP contribution in [0.25, 0.3) is 0 Å². The van der Waals surface area contributed by atoms with E-state index in [9.17, 15) is 4.79 Å². The first-order valence-corrected chi connectivity index (χ1v) is 5.92. The van der Waals surface area contributed by atoms with Crippen molar-refractivity contribution in [3.63, 3.8) is 0 Å². The maximum atomic E-state index is 11.7. The normalized spacial score (nSPS) is 11.6. The summed E-state index contributed by atoms with van der Waals surface area (Å²) in [5, 5.41) is 2.85. The monoisotopic (exact) mass is 245 g/mol. The molecule has 0 saturated heterocycles. The number of hydrogen-bond acceptors (Lipinski definition) is 3. The average Bonchev–Trinajstić information content (AvgIpc) is 2.16. The SMILES string of the molecule is CN(C)CCCCNC(=O)C(C)(C)C(N)=S. The van der Waals surface area contributed by atoms with Gasteiger partial charge in [-0.05, 0) is 47.3 Å². The zero-order chi connectivity index (χ0) is 12.8. The molecule has 0 aromatic rings. The summed E-state index contributed by atoms with van der Waals surface area (Å²) in [5.74, 6) is -0.0927. The first-order chi connectivity index (χ1) is 7.28. The fourth-order valence-electron chi connectivity index (χ4n) is 1.09. The van der Waals surface area contributed by atoms with Gasteiger partial charge in [0.2, 0.25) is 5.91 Å². The Morgan fingerprint density at radius 3 is 2.38 bits per heavy atom. The summed E-state index contributed by atoms with van der Waals surface area (Å²) in [4.78, 5) is 14.1. The molecule has 3 N–H and O–H groups in total. The van der Waals surface area contributed by atoms with Crippen LogP contribution in [0.2, 0.25) is 0 Å². The first kappa shape index (κ1) is 15.3. The second-order valence-electron chi connectivity index (χ2n) is 4.76. The van der Waals surface area contributed by atoms with Crippen LogP contribution >= 0.6 is 12.2 Å². The molecule has 0 aromatic heterocycles. The second kappa shape index (κ2) is 6.81. The molecule has 0 aromatic carbocycles. The molecule has 0 rings (SSSR count). The number of thiocarbonyl (C=S) groups is 1. The van der Waals surface area contributed by atoms with Gasteiger partial charge in [-0.2, -0.15) is 0 Å². The number of hydrogen-bond donors (Lipinski definition) is 2. The van der Waals surface area contributed by atoms with E-state index >= 15 is 0 Å². The number of amides is 1.